The van der Waals surface area contributed by atoms with Gasteiger partial charge in [-0.25, -0.2) is 0 Å². The van der Waals surface area contributed by atoms with Crippen LogP contribution in [0.5, 0.6) is 5.75 Å². The molecule has 1 rings (SSSR count). The zero-order valence-corrected chi connectivity index (χ0v) is 9.64. The van der Waals surface area contributed by atoms with E-state index >= 15 is 0 Å². The molecule has 88 valence electrons. The standard InChI is InChI=1S/C12H17NO3/c1-3-5-16-10-6-9(7-13-8-10)12(15)11(14)4-2/h6-8,11,14H,3-5H2,1-2H3. The average molecular weight is 223 g/mol. The summed E-state index contributed by atoms with van der Waals surface area (Å²) in [6.45, 7) is 4.35. The van der Waals surface area contributed by atoms with Crippen LogP contribution in [0.15, 0.2) is 18.5 Å². The summed E-state index contributed by atoms with van der Waals surface area (Å²) in [4.78, 5) is 15.6. The maximum Gasteiger partial charge on any atom is 0.192 e. The van der Waals surface area contributed by atoms with Crippen molar-refractivity contribution in [1.29, 1.82) is 0 Å². The van der Waals surface area contributed by atoms with E-state index in [1.807, 2.05) is 6.92 Å². The number of pyridine rings is 1. The number of ether oxygens (including phenoxy) is 1. The molecule has 1 aromatic heterocycles. The molecular weight excluding hydrogens is 206 g/mol. The highest BCUT2D eigenvalue weighted by molar-refractivity contribution is 5.99. The lowest BCUT2D eigenvalue weighted by Crippen LogP contribution is -2.19. The topological polar surface area (TPSA) is 59.4 Å². The molecule has 1 aromatic rings. The summed E-state index contributed by atoms with van der Waals surface area (Å²) in [6, 6.07) is 1.61. The molecule has 0 amide bonds. The van der Waals surface area contributed by atoms with Crippen molar-refractivity contribution in [2.45, 2.75) is 32.8 Å². The first-order chi connectivity index (χ1) is 7.69. The number of aliphatic hydroxyl groups excluding tert-OH is 1. The number of aliphatic hydroxyl groups is 1. The van der Waals surface area contributed by atoms with Crippen LogP contribution in [0.3, 0.4) is 0 Å². The fourth-order valence-electron chi connectivity index (χ4n) is 1.23. The highest BCUT2D eigenvalue weighted by atomic mass is 16.5. The number of carbonyl (C=O) groups is 1. The third-order valence-electron chi connectivity index (χ3n) is 2.16. The van der Waals surface area contributed by atoms with Crippen LogP contribution in [-0.2, 0) is 0 Å². The van der Waals surface area contributed by atoms with Crippen molar-refractivity contribution in [2.75, 3.05) is 6.61 Å². The van der Waals surface area contributed by atoms with Gasteiger partial charge < -0.3 is 9.84 Å². The number of nitrogens with zero attached hydrogens (tertiary/aromatic N) is 1. The van der Waals surface area contributed by atoms with Gasteiger partial charge in [-0.15, -0.1) is 0 Å². The molecule has 0 fully saturated rings. The fraction of sp³-hybridized carbons (Fsp3) is 0.500. The zero-order chi connectivity index (χ0) is 12.0. The van der Waals surface area contributed by atoms with Gasteiger partial charge in [0.2, 0.25) is 0 Å². The molecule has 1 atom stereocenters. The van der Waals surface area contributed by atoms with Crippen LogP contribution >= 0.6 is 0 Å². The van der Waals surface area contributed by atoms with Gasteiger partial charge in [-0.05, 0) is 18.9 Å². The summed E-state index contributed by atoms with van der Waals surface area (Å²) in [5, 5.41) is 9.43. The van der Waals surface area contributed by atoms with Gasteiger partial charge >= 0.3 is 0 Å². The Morgan fingerprint density at radius 3 is 2.88 bits per heavy atom. The van der Waals surface area contributed by atoms with Crippen LogP contribution in [0, 0.1) is 0 Å². The van der Waals surface area contributed by atoms with E-state index in [1.165, 1.54) is 6.20 Å². The fourth-order valence-corrected chi connectivity index (χ4v) is 1.23. The summed E-state index contributed by atoms with van der Waals surface area (Å²) in [5.74, 6) is 0.257. The maximum absolute atomic E-state index is 11.7. The van der Waals surface area contributed by atoms with Crippen molar-refractivity contribution in [1.82, 2.24) is 4.98 Å². The van der Waals surface area contributed by atoms with Crippen LogP contribution in [0.4, 0.5) is 0 Å². The Morgan fingerprint density at radius 2 is 2.25 bits per heavy atom. The number of carbonyl (C=O) groups excluding carboxylic acids is 1. The zero-order valence-electron chi connectivity index (χ0n) is 9.64. The van der Waals surface area contributed by atoms with Gasteiger partial charge in [-0.3, -0.25) is 9.78 Å². The Labute approximate surface area is 95.3 Å². The third-order valence-corrected chi connectivity index (χ3v) is 2.16. The molecule has 0 aromatic carbocycles. The predicted octanol–water partition coefficient (Wildman–Crippen LogP) is 1.82. The van der Waals surface area contributed by atoms with Crippen LogP contribution < -0.4 is 4.74 Å². The molecular formula is C12H17NO3. The van der Waals surface area contributed by atoms with E-state index in [0.29, 0.717) is 24.3 Å². The Bertz CT molecular complexity index is 352. The van der Waals surface area contributed by atoms with Crippen molar-refractivity contribution in [3.8, 4) is 5.75 Å². The van der Waals surface area contributed by atoms with Crippen LogP contribution in [-0.4, -0.2) is 28.6 Å². The predicted molar refractivity (Wildman–Crippen MR) is 60.7 cm³/mol. The first kappa shape index (κ1) is 12.6. The second kappa shape index (κ2) is 6.23. The van der Waals surface area contributed by atoms with E-state index in [-0.39, 0.29) is 5.78 Å². The second-order valence-corrected chi connectivity index (χ2v) is 3.55. The molecule has 1 unspecified atom stereocenters. The molecule has 0 aliphatic heterocycles. The lowest BCUT2D eigenvalue weighted by Gasteiger charge is -2.08. The molecule has 0 saturated carbocycles. The molecule has 1 N–H and O–H groups in total. The van der Waals surface area contributed by atoms with Gasteiger partial charge in [0.1, 0.15) is 11.9 Å². The van der Waals surface area contributed by atoms with Crippen molar-refractivity contribution >= 4 is 5.78 Å². The number of Topliss-reactive ketones (excluding diaryl/α,β-unsaturated/α-hetero) is 1. The molecule has 0 radical (unpaired) electrons. The van der Waals surface area contributed by atoms with E-state index in [2.05, 4.69) is 4.98 Å². The lowest BCUT2D eigenvalue weighted by atomic mass is 10.1. The quantitative estimate of drug-likeness (QED) is 0.747. The van der Waals surface area contributed by atoms with Gasteiger partial charge in [0.25, 0.3) is 0 Å². The molecule has 0 saturated heterocycles. The highest BCUT2D eigenvalue weighted by Crippen LogP contribution is 2.13. The summed E-state index contributed by atoms with van der Waals surface area (Å²) < 4.78 is 5.36. The molecule has 1 heterocycles. The SMILES string of the molecule is CCCOc1cncc(C(=O)C(O)CC)c1. The van der Waals surface area contributed by atoms with E-state index in [4.69, 9.17) is 4.74 Å². The maximum atomic E-state index is 11.7. The molecule has 0 bridgehead atoms. The normalized spacial score (nSPS) is 12.2. The summed E-state index contributed by atoms with van der Waals surface area (Å²) in [5.41, 5.74) is 0.392. The molecule has 4 heteroatoms. The average Bonchev–Trinajstić information content (AvgIpc) is 2.34. The minimum absolute atomic E-state index is 0.308. The van der Waals surface area contributed by atoms with E-state index in [0.717, 1.165) is 6.42 Å². The third kappa shape index (κ3) is 3.31. The number of aromatic nitrogens is 1. The number of hydrogen-bond donors (Lipinski definition) is 1. The molecule has 0 aliphatic rings. The van der Waals surface area contributed by atoms with Crippen LogP contribution in [0.25, 0.3) is 0 Å². The smallest absolute Gasteiger partial charge is 0.192 e. The van der Waals surface area contributed by atoms with E-state index in [9.17, 15) is 9.90 Å². The minimum Gasteiger partial charge on any atom is -0.492 e. The molecule has 16 heavy (non-hydrogen) atoms. The largest absolute Gasteiger partial charge is 0.492 e. The highest BCUT2D eigenvalue weighted by Gasteiger charge is 2.15. The number of rotatable bonds is 6. The minimum atomic E-state index is -0.955. The van der Waals surface area contributed by atoms with Crippen LogP contribution in [0.2, 0.25) is 0 Å². The van der Waals surface area contributed by atoms with E-state index in [1.54, 1.807) is 19.2 Å². The lowest BCUT2D eigenvalue weighted by molar-refractivity contribution is 0.0740. The second-order valence-electron chi connectivity index (χ2n) is 3.55. The Morgan fingerprint density at radius 1 is 1.50 bits per heavy atom. The molecule has 4 nitrogen and oxygen atoms in total. The number of ketones is 1. The molecule has 0 spiro atoms. The number of hydrogen-bond acceptors (Lipinski definition) is 4. The summed E-state index contributed by atoms with van der Waals surface area (Å²) in [6.07, 6.45) is 3.35. The van der Waals surface area contributed by atoms with Gasteiger partial charge in [0.05, 0.1) is 12.8 Å². The van der Waals surface area contributed by atoms with Crippen molar-refractivity contribution in [2.24, 2.45) is 0 Å². The van der Waals surface area contributed by atoms with E-state index < -0.39 is 6.10 Å². The monoisotopic (exact) mass is 223 g/mol. The molecule has 0 aliphatic carbocycles. The van der Waals surface area contributed by atoms with Crippen molar-refractivity contribution in [3.05, 3.63) is 24.0 Å². The van der Waals surface area contributed by atoms with Gasteiger partial charge in [0.15, 0.2) is 5.78 Å². The van der Waals surface area contributed by atoms with Crippen molar-refractivity contribution in [3.63, 3.8) is 0 Å². The van der Waals surface area contributed by atoms with Crippen LogP contribution in [0.1, 0.15) is 37.0 Å². The van der Waals surface area contributed by atoms with Gasteiger partial charge in [0, 0.05) is 11.8 Å². The first-order valence-electron chi connectivity index (χ1n) is 5.49. The Balaban J connectivity index is 2.77. The van der Waals surface area contributed by atoms with Gasteiger partial charge in [-0.2, -0.15) is 0 Å². The Hall–Kier alpha value is -1.42. The summed E-state index contributed by atoms with van der Waals surface area (Å²) in [7, 11) is 0. The van der Waals surface area contributed by atoms with Crippen molar-refractivity contribution < 1.29 is 14.6 Å². The first-order valence-corrected chi connectivity index (χ1v) is 5.49. The summed E-state index contributed by atoms with van der Waals surface area (Å²) >= 11 is 0. The van der Waals surface area contributed by atoms with Gasteiger partial charge in [-0.1, -0.05) is 13.8 Å². The Kier molecular flexibility index (Phi) is 4.92.